The second kappa shape index (κ2) is 6.39. The van der Waals surface area contributed by atoms with Crippen molar-refractivity contribution in [2.24, 2.45) is 4.99 Å². The van der Waals surface area contributed by atoms with Crippen LogP contribution in [0.5, 0.6) is 0 Å². The molecule has 0 bridgehead atoms. The largest absolute Gasteiger partial charge is 0.342 e. The van der Waals surface area contributed by atoms with Gasteiger partial charge in [0.1, 0.15) is 0 Å². The molecule has 0 atom stereocenters. The second-order valence-electron chi connectivity index (χ2n) is 5.21. The molecule has 0 radical (unpaired) electrons. The van der Waals surface area contributed by atoms with E-state index in [-0.39, 0.29) is 0 Å². The van der Waals surface area contributed by atoms with Crippen molar-refractivity contribution < 1.29 is 0 Å². The van der Waals surface area contributed by atoms with Crippen molar-refractivity contribution in [1.29, 1.82) is 0 Å². The summed E-state index contributed by atoms with van der Waals surface area (Å²) in [5, 5.41) is 0. The monoisotopic (exact) mass is 280 g/mol. The van der Waals surface area contributed by atoms with E-state index in [0.717, 1.165) is 30.4 Å². The van der Waals surface area contributed by atoms with Gasteiger partial charge in [0, 0.05) is 32.0 Å². The van der Waals surface area contributed by atoms with Crippen molar-refractivity contribution in [1.82, 2.24) is 9.88 Å². The molecular formula is C17H20N4. The molecule has 1 aromatic heterocycles. The molecule has 0 aliphatic carbocycles. The molecule has 21 heavy (non-hydrogen) atoms. The Morgan fingerprint density at radius 1 is 1.10 bits per heavy atom. The highest BCUT2D eigenvalue weighted by atomic mass is 15.4. The van der Waals surface area contributed by atoms with Crippen LogP contribution in [0.1, 0.15) is 12.8 Å². The number of pyridine rings is 1. The van der Waals surface area contributed by atoms with Gasteiger partial charge in [0.05, 0.1) is 11.9 Å². The Morgan fingerprint density at radius 2 is 1.86 bits per heavy atom. The summed E-state index contributed by atoms with van der Waals surface area (Å²) in [5.41, 5.74) is 2.04. The van der Waals surface area contributed by atoms with Gasteiger partial charge in [-0.1, -0.05) is 18.2 Å². The number of rotatable bonds is 2. The topological polar surface area (TPSA) is 31.7 Å². The maximum atomic E-state index is 4.82. The van der Waals surface area contributed by atoms with Gasteiger partial charge in [0.2, 0.25) is 5.96 Å². The van der Waals surface area contributed by atoms with Gasteiger partial charge in [-0.2, -0.15) is 0 Å². The van der Waals surface area contributed by atoms with Crippen LogP contribution in [0.15, 0.2) is 59.9 Å². The van der Waals surface area contributed by atoms with Crippen LogP contribution in [0.25, 0.3) is 0 Å². The third kappa shape index (κ3) is 3.21. The van der Waals surface area contributed by atoms with Gasteiger partial charge in [-0.05, 0) is 37.1 Å². The van der Waals surface area contributed by atoms with E-state index in [2.05, 4.69) is 46.1 Å². The van der Waals surface area contributed by atoms with Crippen LogP contribution in [-0.2, 0) is 0 Å². The van der Waals surface area contributed by atoms with Gasteiger partial charge >= 0.3 is 0 Å². The Kier molecular flexibility index (Phi) is 4.15. The van der Waals surface area contributed by atoms with Crippen molar-refractivity contribution in [3.63, 3.8) is 0 Å². The molecule has 1 aliphatic rings. The summed E-state index contributed by atoms with van der Waals surface area (Å²) < 4.78 is 0. The number of anilines is 1. The maximum absolute atomic E-state index is 4.82. The molecule has 1 aliphatic heterocycles. The molecule has 1 aromatic carbocycles. The number of nitrogens with zero attached hydrogens (tertiary/aromatic N) is 4. The SMILES string of the molecule is CN(C(=Nc1cccnc1)N1CCCC1)c1ccccc1. The first-order valence-corrected chi connectivity index (χ1v) is 7.37. The van der Waals surface area contributed by atoms with E-state index in [9.17, 15) is 0 Å². The third-order valence-electron chi connectivity index (χ3n) is 3.71. The molecule has 2 heterocycles. The predicted molar refractivity (Wildman–Crippen MR) is 87.0 cm³/mol. The maximum Gasteiger partial charge on any atom is 0.206 e. The van der Waals surface area contributed by atoms with Crippen LogP contribution >= 0.6 is 0 Å². The van der Waals surface area contributed by atoms with Crippen molar-refractivity contribution in [2.75, 3.05) is 25.0 Å². The molecule has 0 N–H and O–H groups in total. The van der Waals surface area contributed by atoms with E-state index >= 15 is 0 Å². The summed E-state index contributed by atoms with van der Waals surface area (Å²) >= 11 is 0. The smallest absolute Gasteiger partial charge is 0.206 e. The lowest BCUT2D eigenvalue weighted by Gasteiger charge is -2.29. The lowest BCUT2D eigenvalue weighted by molar-refractivity contribution is 0.510. The molecular weight excluding hydrogens is 260 g/mol. The lowest BCUT2D eigenvalue weighted by Crippen LogP contribution is -2.40. The normalized spacial score (nSPS) is 15.3. The summed E-state index contributed by atoms with van der Waals surface area (Å²) in [6.07, 6.45) is 6.04. The highest BCUT2D eigenvalue weighted by Crippen LogP contribution is 2.20. The van der Waals surface area contributed by atoms with E-state index in [0.29, 0.717) is 0 Å². The first-order chi connectivity index (χ1) is 10.3. The summed E-state index contributed by atoms with van der Waals surface area (Å²) in [6.45, 7) is 2.13. The number of para-hydroxylation sites is 1. The fourth-order valence-corrected chi connectivity index (χ4v) is 2.58. The zero-order valence-electron chi connectivity index (χ0n) is 12.3. The van der Waals surface area contributed by atoms with Crippen molar-refractivity contribution >= 4 is 17.3 Å². The quantitative estimate of drug-likeness (QED) is 0.625. The molecule has 4 nitrogen and oxygen atoms in total. The Balaban J connectivity index is 1.94. The van der Waals surface area contributed by atoms with Gasteiger partial charge in [-0.3, -0.25) is 4.98 Å². The number of guanidine groups is 1. The van der Waals surface area contributed by atoms with Gasteiger partial charge in [-0.25, -0.2) is 4.99 Å². The molecule has 0 spiro atoms. The second-order valence-corrected chi connectivity index (χ2v) is 5.21. The van der Waals surface area contributed by atoms with Crippen molar-refractivity contribution in [3.8, 4) is 0 Å². The van der Waals surface area contributed by atoms with Crippen molar-refractivity contribution in [2.45, 2.75) is 12.8 Å². The number of aliphatic imine (C=N–C) groups is 1. The van der Waals surface area contributed by atoms with E-state index in [4.69, 9.17) is 4.99 Å². The number of hydrogen-bond acceptors (Lipinski definition) is 2. The van der Waals surface area contributed by atoms with Gasteiger partial charge in [-0.15, -0.1) is 0 Å². The molecule has 1 fully saturated rings. The Bertz CT molecular complexity index is 589. The highest BCUT2D eigenvalue weighted by molar-refractivity contribution is 5.97. The minimum Gasteiger partial charge on any atom is -0.342 e. The van der Waals surface area contributed by atoms with E-state index < -0.39 is 0 Å². The van der Waals surface area contributed by atoms with Crippen LogP contribution < -0.4 is 4.90 Å². The number of likely N-dealkylation sites (tertiary alicyclic amines) is 1. The fraction of sp³-hybridized carbons (Fsp3) is 0.294. The van der Waals surface area contributed by atoms with Gasteiger partial charge in [0.25, 0.3) is 0 Å². The summed E-state index contributed by atoms with van der Waals surface area (Å²) in [4.78, 5) is 13.5. The van der Waals surface area contributed by atoms with Crippen molar-refractivity contribution in [3.05, 3.63) is 54.9 Å². The summed E-state index contributed by atoms with van der Waals surface area (Å²) in [6, 6.07) is 14.3. The minimum absolute atomic E-state index is 0.891. The average molecular weight is 280 g/mol. The van der Waals surface area contributed by atoms with Crippen LogP contribution in [0.3, 0.4) is 0 Å². The molecule has 0 unspecified atom stereocenters. The van der Waals surface area contributed by atoms with Crippen LogP contribution in [-0.4, -0.2) is 36.0 Å². The third-order valence-corrected chi connectivity index (χ3v) is 3.71. The number of benzene rings is 1. The zero-order valence-corrected chi connectivity index (χ0v) is 12.3. The molecule has 4 heteroatoms. The summed E-state index contributed by atoms with van der Waals surface area (Å²) in [5.74, 6) is 0.992. The van der Waals surface area contributed by atoms with E-state index in [1.165, 1.54) is 12.8 Å². The molecule has 2 aromatic rings. The average Bonchev–Trinajstić information content (AvgIpc) is 3.08. The first-order valence-electron chi connectivity index (χ1n) is 7.37. The van der Waals surface area contributed by atoms with E-state index in [1.807, 2.05) is 18.2 Å². The summed E-state index contributed by atoms with van der Waals surface area (Å²) in [7, 11) is 2.07. The fourth-order valence-electron chi connectivity index (χ4n) is 2.58. The molecule has 3 rings (SSSR count). The van der Waals surface area contributed by atoms with Crippen LogP contribution in [0.2, 0.25) is 0 Å². The minimum atomic E-state index is 0.891. The van der Waals surface area contributed by atoms with Crippen LogP contribution in [0, 0.1) is 0 Å². The van der Waals surface area contributed by atoms with Crippen LogP contribution in [0.4, 0.5) is 11.4 Å². The Morgan fingerprint density at radius 3 is 2.52 bits per heavy atom. The lowest BCUT2D eigenvalue weighted by atomic mass is 10.3. The van der Waals surface area contributed by atoms with E-state index in [1.54, 1.807) is 12.4 Å². The zero-order chi connectivity index (χ0) is 14.5. The van der Waals surface area contributed by atoms with Gasteiger partial charge in [0.15, 0.2) is 0 Å². The molecule has 108 valence electrons. The van der Waals surface area contributed by atoms with Gasteiger partial charge < -0.3 is 9.80 Å². The Labute approximate surface area is 125 Å². The first kappa shape index (κ1) is 13.6. The number of aromatic nitrogens is 1. The highest BCUT2D eigenvalue weighted by Gasteiger charge is 2.20. The standard InChI is InChI=1S/C17H20N4/c1-20(16-9-3-2-4-10-16)17(21-12-5-6-13-21)19-15-8-7-11-18-14-15/h2-4,7-11,14H,5-6,12-13H2,1H3. The molecule has 0 saturated carbocycles. The Hall–Kier alpha value is -2.36. The number of hydrogen-bond donors (Lipinski definition) is 0. The molecule has 1 saturated heterocycles. The predicted octanol–water partition coefficient (Wildman–Crippen LogP) is 3.30. The molecule has 0 amide bonds.